The molecule has 0 aromatic heterocycles. The van der Waals surface area contributed by atoms with Crippen LogP contribution in [0.5, 0.6) is 0 Å². The summed E-state index contributed by atoms with van der Waals surface area (Å²) in [6.45, 7) is 10.9. The van der Waals surface area contributed by atoms with E-state index in [1.54, 1.807) is 0 Å². The second kappa shape index (κ2) is 14.7. The number of amides is 1. The number of rotatable bonds is 15. The Bertz CT molecular complexity index is 619. The van der Waals surface area contributed by atoms with Crippen LogP contribution in [0, 0.1) is 11.3 Å². The van der Waals surface area contributed by atoms with Crippen LogP contribution in [0.25, 0.3) is 0 Å². The summed E-state index contributed by atoms with van der Waals surface area (Å²) >= 11 is 0. The molecule has 1 aromatic rings. The Hall–Kier alpha value is -1.35. The molecule has 1 aromatic carbocycles. The molecule has 0 aliphatic carbocycles. The predicted octanol–water partition coefficient (Wildman–Crippen LogP) is 7.30. The van der Waals surface area contributed by atoms with Crippen LogP contribution in [-0.4, -0.2) is 42.4 Å². The second-order valence-corrected chi connectivity index (χ2v) is 10.7. The van der Waals surface area contributed by atoms with Crippen LogP contribution < -0.4 is 0 Å². The number of nitrogens with zero attached hydrogens (tertiary/aromatic N) is 2. The van der Waals surface area contributed by atoms with Gasteiger partial charge >= 0.3 is 0 Å². The molecule has 1 aliphatic rings. The molecule has 1 aliphatic heterocycles. The minimum atomic E-state index is -0.285. The number of hydrogen-bond donors (Lipinski definition) is 0. The fraction of sp³-hybridized carbons (Fsp3) is 0.759. The summed E-state index contributed by atoms with van der Waals surface area (Å²) in [7, 11) is 1.96. The lowest BCUT2D eigenvalue weighted by Crippen LogP contribution is -2.46. The van der Waals surface area contributed by atoms with Crippen LogP contribution in [-0.2, 0) is 11.3 Å². The molecule has 182 valence electrons. The molecule has 1 saturated heterocycles. The van der Waals surface area contributed by atoms with Crippen molar-refractivity contribution in [1.29, 1.82) is 0 Å². The van der Waals surface area contributed by atoms with Crippen LogP contribution in [0.2, 0.25) is 0 Å². The lowest BCUT2D eigenvalue weighted by molar-refractivity contribution is -0.143. The van der Waals surface area contributed by atoms with Gasteiger partial charge in [-0.2, -0.15) is 0 Å². The molecule has 3 heteroatoms. The van der Waals surface area contributed by atoms with Crippen molar-refractivity contribution in [2.45, 2.75) is 104 Å². The van der Waals surface area contributed by atoms with Crippen molar-refractivity contribution < 1.29 is 4.79 Å². The maximum absolute atomic E-state index is 13.2. The third-order valence-corrected chi connectivity index (χ3v) is 7.60. The zero-order chi connectivity index (χ0) is 23.2. The molecule has 3 nitrogen and oxygen atoms in total. The second-order valence-electron chi connectivity index (χ2n) is 10.7. The molecule has 0 saturated carbocycles. The first-order valence-corrected chi connectivity index (χ1v) is 13.5. The fourth-order valence-electron chi connectivity index (χ4n) is 5.30. The average Bonchev–Trinajstić information content (AvgIpc) is 2.80. The molecule has 1 amide bonds. The maximum Gasteiger partial charge on any atom is 0.228 e. The zero-order valence-corrected chi connectivity index (χ0v) is 21.6. The van der Waals surface area contributed by atoms with Gasteiger partial charge < -0.3 is 9.80 Å². The number of carbonyl (C=O) groups excluding carboxylic acids is 1. The third-order valence-electron chi connectivity index (χ3n) is 7.60. The van der Waals surface area contributed by atoms with E-state index in [2.05, 4.69) is 37.8 Å². The third kappa shape index (κ3) is 9.25. The molecule has 1 heterocycles. The largest absolute Gasteiger partial charge is 0.341 e. The topological polar surface area (TPSA) is 23.6 Å². The van der Waals surface area contributed by atoms with Gasteiger partial charge in [0.05, 0.1) is 0 Å². The first-order valence-electron chi connectivity index (χ1n) is 13.5. The first-order chi connectivity index (χ1) is 15.4. The normalized spacial score (nSPS) is 15.8. The van der Waals surface area contributed by atoms with Crippen LogP contribution in [0.1, 0.15) is 103 Å². The van der Waals surface area contributed by atoms with Crippen molar-refractivity contribution in [2.24, 2.45) is 11.3 Å². The Kier molecular flexibility index (Phi) is 12.4. The van der Waals surface area contributed by atoms with Crippen molar-refractivity contribution in [3.05, 3.63) is 35.9 Å². The lowest BCUT2D eigenvalue weighted by atomic mass is 9.72. The monoisotopic (exact) mass is 442 g/mol. The Balaban J connectivity index is 1.60. The molecule has 0 bridgehead atoms. The van der Waals surface area contributed by atoms with Crippen molar-refractivity contribution in [2.75, 3.05) is 26.7 Å². The highest BCUT2D eigenvalue weighted by Crippen LogP contribution is 2.37. The predicted molar refractivity (Wildman–Crippen MR) is 138 cm³/mol. The van der Waals surface area contributed by atoms with Gasteiger partial charge in [0.15, 0.2) is 0 Å². The Morgan fingerprint density at radius 3 is 2.00 bits per heavy atom. The highest BCUT2D eigenvalue weighted by Gasteiger charge is 2.39. The molecule has 0 atom stereocenters. The molecule has 1 fully saturated rings. The van der Waals surface area contributed by atoms with E-state index in [0.717, 1.165) is 25.9 Å². The Morgan fingerprint density at radius 1 is 0.906 bits per heavy atom. The van der Waals surface area contributed by atoms with E-state index in [9.17, 15) is 4.79 Å². The van der Waals surface area contributed by atoms with Gasteiger partial charge in [0.1, 0.15) is 0 Å². The van der Waals surface area contributed by atoms with Gasteiger partial charge in [-0.25, -0.2) is 0 Å². The smallest absolute Gasteiger partial charge is 0.228 e. The van der Waals surface area contributed by atoms with Gasteiger partial charge in [0.25, 0.3) is 0 Å². The number of piperidine rings is 1. The average molecular weight is 443 g/mol. The van der Waals surface area contributed by atoms with Crippen molar-refractivity contribution in [3.63, 3.8) is 0 Å². The molecule has 0 N–H and O–H groups in total. The van der Waals surface area contributed by atoms with Gasteiger partial charge in [0, 0.05) is 19.0 Å². The summed E-state index contributed by atoms with van der Waals surface area (Å²) in [6.07, 6.45) is 16.3. The maximum atomic E-state index is 13.2. The van der Waals surface area contributed by atoms with Crippen molar-refractivity contribution in [1.82, 2.24) is 9.80 Å². The van der Waals surface area contributed by atoms with Gasteiger partial charge in [0.2, 0.25) is 5.91 Å². The van der Waals surface area contributed by atoms with Crippen molar-refractivity contribution >= 4 is 5.91 Å². The van der Waals surface area contributed by atoms with E-state index in [0.29, 0.717) is 12.5 Å². The van der Waals surface area contributed by atoms with E-state index in [1.807, 2.05) is 30.1 Å². The van der Waals surface area contributed by atoms with Crippen LogP contribution in [0.3, 0.4) is 0 Å². The molecule has 32 heavy (non-hydrogen) atoms. The Labute approximate surface area is 199 Å². The van der Waals surface area contributed by atoms with Gasteiger partial charge in [-0.3, -0.25) is 4.79 Å². The van der Waals surface area contributed by atoms with E-state index in [4.69, 9.17) is 0 Å². The number of benzene rings is 1. The highest BCUT2D eigenvalue weighted by atomic mass is 16.2. The first kappa shape index (κ1) is 26.9. The summed E-state index contributed by atoms with van der Waals surface area (Å²) in [5, 5.41) is 0. The number of unbranched alkanes of at least 4 members (excludes halogenated alkanes) is 9. The van der Waals surface area contributed by atoms with E-state index in [1.165, 1.54) is 76.3 Å². The summed E-state index contributed by atoms with van der Waals surface area (Å²) in [5.74, 6) is 0.770. The summed E-state index contributed by atoms with van der Waals surface area (Å²) in [5.41, 5.74) is 0.915. The van der Waals surface area contributed by atoms with E-state index < -0.39 is 0 Å². The molecular formula is C29H50N2O. The molecular weight excluding hydrogens is 392 g/mol. The van der Waals surface area contributed by atoms with E-state index in [-0.39, 0.29) is 11.3 Å². The van der Waals surface area contributed by atoms with Crippen LogP contribution in [0.15, 0.2) is 30.3 Å². The molecule has 0 spiro atoms. The fourth-order valence-corrected chi connectivity index (χ4v) is 5.30. The molecule has 0 radical (unpaired) electrons. The quantitative estimate of drug-likeness (QED) is 0.266. The van der Waals surface area contributed by atoms with Crippen molar-refractivity contribution in [3.8, 4) is 0 Å². The zero-order valence-electron chi connectivity index (χ0n) is 21.6. The van der Waals surface area contributed by atoms with Crippen LogP contribution >= 0.6 is 0 Å². The van der Waals surface area contributed by atoms with Gasteiger partial charge in [-0.15, -0.1) is 0 Å². The number of carbonyl (C=O) groups is 1. The highest BCUT2D eigenvalue weighted by molar-refractivity contribution is 5.82. The van der Waals surface area contributed by atoms with Crippen LogP contribution in [0.4, 0.5) is 0 Å². The SMILES string of the molecule is CCCCCCCCCCCCN1CCC(C(C)(C)C(=O)N(C)Cc2ccccc2)CC1. The summed E-state index contributed by atoms with van der Waals surface area (Å²) in [4.78, 5) is 17.8. The minimum Gasteiger partial charge on any atom is -0.341 e. The molecule has 0 unspecified atom stereocenters. The number of hydrogen-bond acceptors (Lipinski definition) is 2. The van der Waals surface area contributed by atoms with E-state index >= 15 is 0 Å². The minimum absolute atomic E-state index is 0.285. The number of likely N-dealkylation sites (tertiary alicyclic amines) is 1. The van der Waals surface area contributed by atoms with Gasteiger partial charge in [-0.05, 0) is 50.4 Å². The Morgan fingerprint density at radius 2 is 1.44 bits per heavy atom. The standard InChI is InChI=1S/C29H50N2O/c1-5-6-7-8-9-10-11-12-13-17-22-31-23-20-27(21-24-31)29(2,3)28(32)30(4)25-26-18-15-14-16-19-26/h14-16,18-19,27H,5-13,17,20-25H2,1-4H3. The summed E-state index contributed by atoms with van der Waals surface area (Å²) < 4.78 is 0. The van der Waals surface area contributed by atoms with Gasteiger partial charge in [-0.1, -0.05) is 109 Å². The summed E-state index contributed by atoms with van der Waals surface area (Å²) in [6, 6.07) is 10.3. The molecule has 2 rings (SSSR count). The lowest BCUT2D eigenvalue weighted by Gasteiger charge is -2.41.